The topological polar surface area (TPSA) is 57.5 Å². The average Bonchev–Trinajstić information content (AvgIpc) is 2.43. The third kappa shape index (κ3) is 4.37. The van der Waals surface area contributed by atoms with E-state index in [-0.39, 0.29) is 0 Å². The highest BCUT2D eigenvalue weighted by atomic mass is 79.9. The molecule has 6 heteroatoms. The van der Waals surface area contributed by atoms with Crippen molar-refractivity contribution in [3.05, 3.63) is 22.2 Å². The quantitative estimate of drug-likeness (QED) is 0.823. The number of ether oxygens (including phenoxy) is 2. The minimum absolute atomic E-state index is 0.399. The molecule has 1 atom stereocenters. The van der Waals surface area contributed by atoms with Crippen LogP contribution in [0.5, 0.6) is 11.5 Å². The van der Waals surface area contributed by atoms with Crippen LogP contribution in [0.1, 0.15) is 11.6 Å². The second-order valence-electron chi connectivity index (χ2n) is 4.55. The Labute approximate surface area is 128 Å². The molecule has 0 fully saturated rings. The Hall–Kier alpha value is -1.29. The fraction of sp³-hybridized carbons (Fsp3) is 0.500. The van der Waals surface area contributed by atoms with Crippen LogP contribution in [0, 0.1) is 11.3 Å². The van der Waals surface area contributed by atoms with Crippen molar-refractivity contribution in [1.82, 2.24) is 10.2 Å². The average molecular weight is 342 g/mol. The molecule has 0 aromatic heterocycles. The van der Waals surface area contributed by atoms with Gasteiger partial charge in [0, 0.05) is 23.1 Å². The largest absolute Gasteiger partial charge is 0.493 e. The summed E-state index contributed by atoms with van der Waals surface area (Å²) in [5.41, 5.74) is 0.837. The Balaban J connectivity index is 2.95. The predicted octanol–water partition coefficient (Wildman–Crippen LogP) is 2.18. The van der Waals surface area contributed by atoms with Gasteiger partial charge in [0.15, 0.2) is 11.5 Å². The van der Waals surface area contributed by atoms with Gasteiger partial charge in [-0.05, 0) is 26.2 Å². The first-order valence-electron chi connectivity index (χ1n) is 6.22. The van der Waals surface area contributed by atoms with Crippen LogP contribution in [-0.4, -0.2) is 46.3 Å². The van der Waals surface area contributed by atoms with Crippen molar-refractivity contribution < 1.29 is 9.47 Å². The van der Waals surface area contributed by atoms with E-state index >= 15 is 0 Å². The Morgan fingerprint density at radius 1 is 1.30 bits per heavy atom. The molecule has 0 heterocycles. The van der Waals surface area contributed by atoms with Crippen molar-refractivity contribution in [2.75, 3.05) is 41.4 Å². The standard InChI is InChI=1S/C14H20BrN3O2/c1-18(2)6-5-17-12(9-16)10-7-13(19-3)14(20-4)8-11(10)15/h7-8,12,17H,5-6H2,1-4H3. The van der Waals surface area contributed by atoms with E-state index in [1.54, 1.807) is 14.2 Å². The lowest BCUT2D eigenvalue weighted by atomic mass is 10.1. The molecule has 1 unspecified atom stereocenters. The van der Waals surface area contributed by atoms with Crippen molar-refractivity contribution in [3.8, 4) is 17.6 Å². The van der Waals surface area contributed by atoms with Gasteiger partial charge < -0.3 is 14.4 Å². The SMILES string of the molecule is COc1cc(Br)c(C(C#N)NCCN(C)C)cc1OC. The van der Waals surface area contributed by atoms with Crippen molar-refractivity contribution in [1.29, 1.82) is 5.26 Å². The highest BCUT2D eigenvalue weighted by molar-refractivity contribution is 9.10. The normalized spacial score (nSPS) is 12.1. The molecule has 0 aliphatic rings. The summed E-state index contributed by atoms with van der Waals surface area (Å²) in [6.07, 6.45) is 0. The van der Waals surface area contributed by atoms with Crippen LogP contribution in [-0.2, 0) is 0 Å². The maximum atomic E-state index is 9.34. The minimum Gasteiger partial charge on any atom is -0.493 e. The molecule has 5 nitrogen and oxygen atoms in total. The molecule has 1 N–H and O–H groups in total. The van der Waals surface area contributed by atoms with E-state index in [0.717, 1.165) is 23.1 Å². The van der Waals surface area contributed by atoms with Gasteiger partial charge in [-0.1, -0.05) is 15.9 Å². The number of nitriles is 1. The molecule has 0 amide bonds. The second-order valence-corrected chi connectivity index (χ2v) is 5.40. The zero-order chi connectivity index (χ0) is 15.1. The summed E-state index contributed by atoms with van der Waals surface area (Å²) >= 11 is 3.48. The maximum Gasteiger partial charge on any atom is 0.161 e. The number of hydrogen-bond donors (Lipinski definition) is 1. The summed E-state index contributed by atoms with van der Waals surface area (Å²) in [4.78, 5) is 2.06. The smallest absolute Gasteiger partial charge is 0.161 e. The molecule has 0 spiro atoms. The summed E-state index contributed by atoms with van der Waals surface area (Å²) in [7, 11) is 7.16. The van der Waals surface area contributed by atoms with Gasteiger partial charge in [0.2, 0.25) is 0 Å². The van der Waals surface area contributed by atoms with E-state index in [1.807, 2.05) is 26.2 Å². The van der Waals surface area contributed by atoms with Gasteiger partial charge in [0.25, 0.3) is 0 Å². The number of rotatable bonds is 7. The molecule has 1 aromatic rings. The predicted molar refractivity (Wildman–Crippen MR) is 82.2 cm³/mol. The summed E-state index contributed by atoms with van der Waals surface area (Å²) in [6.45, 7) is 1.59. The number of nitrogens with one attached hydrogen (secondary N) is 1. The first-order chi connectivity index (χ1) is 9.53. The molecule has 0 saturated heterocycles. The van der Waals surface area contributed by atoms with Crippen LogP contribution >= 0.6 is 15.9 Å². The van der Waals surface area contributed by atoms with Crippen LogP contribution in [0.15, 0.2) is 16.6 Å². The van der Waals surface area contributed by atoms with Crippen molar-refractivity contribution in [2.45, 2.75) is 6.04 Å². The second kappa shape index (κ2) is 8.10. The fourth-order valence-electron chi connectivity index (χ4n) is 1.75. The van der Waals surface area contributed by atoms with Gasteiger partial charge in [0.05, 0.1) is 20.3 Å². The monoisotopic (exact) mass is 341 g/mol. The van der Waals surface area contributed by atoms with Gasteiger partial charge in [-0.25, -0.2) is 0 Å². The van der Waals surface area contributed by atoms with Crippen LogP contribution in [0.4, 0.5) is 0 Å². The van der Waals surface area contributed by atoms with Crippen LogP contribution in [0.25, 0.3) is 0 Å². The number of nitrogens with zero attached hydrogens (tertiary/aromatic N) is 2. The van der Waals surface area contributed by atoms with E-state index in [9.17, 15) is 5.26 Å². The summed E-state index contributed by atoms with van der Waals surface area (Å²) < 4.78 is 11.3. The minimum atomic E-state index is -0.399. The molecule has 1 rings (SSSR count). The van der Waals surface area contributed by atoms with E-state index in [0.29, 0.717) is 11.5 Å². The lowest BCUT2D eigenvalue weighted by molar-refractivity contribution is 0.353. The summed E-state index contributed by atoms with van der Waals surface area (Å²) in [6, 6.07) is 5.50. The number of likely N-dealkylation sites (N-methyl/N-ethyl adjacent to an activating group) is 1. The lowest BCUT2D eigenvalue weighted by Crippen LogP contribution is -2.29. The molecular weight excluding hydrogens is 322 g/mol. The molecule has 1 aromatic carbocycles. The van der Waals surface area contributed by atoms with Gasteiger partial charge in [-0.15, -0.1) is 0 Å². The van der Waals surface area contributed by atoms with Gasteiger partial charge in [0.1, 0.15) is 6.04 Å². The van der Waals surface area contributed by atoms with Crippen molar-refractivity contribution in [3.63, 3.8) is 0 Å². The first kappa shape index (κ1) is 16.8. The highest BCUT2D eigenvalue weighted by Gasteiger charge is 2.17. The molecule has 0 aliphatic heterocycles. The van der Waals surface area contributed by atoms with Crippen LogP contribution in [0.2, 0.25) is 0 Å². The maximum absolute atomic E-state index is 9.34. The molecule has 0 bridgehead atoms. The number of halogens is 1. The lowest BCUT2D eigenvalue weighted by Gasteiger charge is -2.17. The Kier molecular flexibility index (Phi) is 6.79. The molecule has 0 aliphatic carbocycles. The fourth-order valence-corrected chi connectivity index (χ4v) is 2.30. The van der Waals surface area contributed by atoms with Gasteiger partial charge >= 0.3 is 0 Å². The third-order valence-electron chi connectivity index (χ3n) is 2.85. The van der Waals surface area contributed by atoms with Gasteiger partial charge in [-0.3, -0.25) is 5.32 Å². The summed E-state index contributed by atoms with van der Waals surface area (Å²) in [5.74, 6) is 1.24. The van der Waals surface area contributed by atoms with Crippen LogP contribution in [0.3, 0.4) is 0 Å². The van der Waals surface area contributed by atoms with Crippen molar-refractivity contribution >= 4 is 15.9 Å². The molecule has 110 valence electrons. The number of hydrogen-bond acceptors (Lipinski definition) is 5. The summed E-state index contributed by atoms with van der Waals surface area (Å²) in [5, 5.41) is 12.6. The Bertz CT molecular complexity index is 486. The number of benzene rings is 1. The molecule has 0 radical (unpaired) electrons. The third-order valence-corrected chi connectivity index (χ3v) is 3.54. The first-order valence-corrected chi connectivity index (χ1v) is 7.02. The van der Waals surface area contributed by atoms with E-state index in [2.05, 4.69) is 32.2 Å². The van der Waals surface area contributed by atoms with E-state index in [4.69, 9.17) is 9.47 Å². The Morgan fingerprint density at radius 3 is 2.40 bits per heavy atom. The van der Waals surface area contributed by atoms with Crippen molar-refractivity contribution in [2.24, 2.45) is 0 Å². The molecule has 20 heavy (non-hydrogen) atoms. The van der Waals surface area contributed by atoms with Crippen LogP contribution < -0.4 is 14.8 Å². The zero-order valence-corrected chi connectivity index (χ0v) is 13.8. The Morgan fingerprint density at radius 2 is 1.90 bits per heavy atom. The zero-order valence-electron chi connectivity index (χ0n) is 12.2. The highest BCUT2D eigenvalue weighted by Crippen LogP contribution is 2.35. The molecular formula is C14H20BrN3O2. The molecule has 0 saturated carbocycles. The van der Waals surface area contributed by atoms with E-state index in [1.165, 1.54) is 0 Å². The van der Waals surface area contributed by atoms with E-state index < -0.39 is 6.04 Å². The number of methoxy groups -OCH3 is 2. The van der Waals surface area contributed by atoms with Gasteiger partial charge in [-0.2, -0.15) is 5.26 Å².